The SMILES string of the molecule is COc1ccc(S(=O)(=O)NCCNC(=O)CCC(=O)c2ccc(F)cc2)cc1. The largest absolute Gasteiger partial charge is 0.497 e. The maximum Gasteiger partial charge on any atom is 0.240 e. The van der Waals surface area contributed by atoms with E-state index >= 15 is 0 Å². The molecular formula is C19H21FN2O5S. The molecule has 0 aliphatic rings. The molecule has 0 heterocycles. The highest BCUT2D eigenvalue weighted by Crippen LogP contribution is 2.15. The number of ketones is 1. The van der Waals surface area contributed by atoms with Gasteiger partial charge in [0.25, 0.3) is 0 Å². The maximum atomic E-state index is 12.8. The number of hydrogen-bond acceptors (Lipinski definition) is 5. The second kappa shape index (κ2) is 9.95. The first-order valence-corrected chi connectivity index (χ1v) is 9.99. The molecule has 2 aromatic rings. The van der Waals surface area contributed by atoms with Crippen molar-refractivity contribution >= 4 is 21.7 Å². The average molecular weight is 408 g/mol. The molecule has 0 spiro atoms. The van der Waals surface area contributed by atoms with Gasteiger partial charge in [0.15, 0.2) is 5.78 Å². The van der Waals surface area contributed by atoms with Crippen LogP contribution in [0, 0.1) is 5.82 Å². The minimum atomic E-state index is -3.69. The van der Waals surface area contributed by atoms with Gasteiger partial charge in [-0.25, -0.2) is 17.5 Å². The Labute approximate surface area is 163 Å². The number of Topliss-reactive ketones (excluding diaryl/α,β-unsaturated/α-hetero) is 1. The first kappa shape index (κ1) is 21.5. The number of benzene rings is 2. The molecule has 9 heteroatoms. The molecule has 0 aliphatic heterocycles. The van der Waals surface area contributed by atoms with Crippen LogP contribution < -0.4 is 14.8 Å². The van der Waals surface area contributed by atoms with E-state index in [9.17, 15) is 22.4 Å². The fourth-order valence-corrected chi connectivity index (χ4v) is 3.35. The van der Waals surface area contributed by atoms with Gasteiger partial charge >= 0.3 is 0 Å². The molecule has 2 rings (SSSR count). The Hall–Kier alpha value is -2.78. The van der Waals surface area contributed by atoms with Gasteiger partial charge in [-0.3, -0.25) is 9.59 Å². The second-order valence-corrected chi connectivity index (χ2v) is 7.62. The van der Waals surface area contributed by atoms with Crippen LogP contribution in [0.25, 0.3) is 0 Å². The monoisotopic (exact) mass is 408 g/mol. The van der Waals surface area contributed by atoms with Crippen LogP contribution in [0.3, 0.4) is 0 Å². The Balaban J connectivity index is 1.71. The Morgan fingerprint density at radius 1 is 0.964 bits per heavy atom. The highest BCUT2D eigenvalue weighted by atomic mass is 32.2. The lowest BCUT2D eigenvalue weighted by Gasteiger charge is -2.09. The molecule has 0 fully saturated rings. The van der Waals surface area contributed by atoms with E-state index in [0.29, 0.717) is 11.3 Å². The molecule has 2 N–H and O–H groups in total. The van der Waals surface area contributed by atoms with Crippen molar-refractivity contribution in [1.29, 1.82) is 0 Å². The standard InChI is InChI=1S/C19H21FN2O5S/c1-27-16-6-8-17(9-7-16)28(25,26)22-13-12-21-19(24)11-10-18(23)14-2-4-15(20)5-3-14/h2-9,22H,10-13H2,1H3,(H,21,24). The molecule has 0 bridgehead atoms. The van der Waals surface area contributed by atoms with E-state index < -0.39 is 15.8 Å². The van der Waals surface area contributed by atoms with Crippen LogP contribution >= 0.6 is 0 Å². The fraction of sp³-hybridized carbons (Fsp3) is 0.263. The van der Waals surface area contributed by atoms with Gasteiger partial charge in [0.05, 0.1) is 12.0 Å². The number of halogens is 1. The Kier molecular flexibility index (Phi) is 7.65. The van der Waals surface area contributed by atoms with Gasteiger partial charge in [0.1, 0.15) is 11.6 Å². The molecule has 150 valence electrons. The zero-order valence-corrected chi connectivity index (χ0v) is 16.1. The van der Waals surface area contributed by atoms with Gasteiger partial charge < -0.3 is 10.1 Å². The van der Waals surface area contributed by atoms with Crippen LogP contribution in [-0.2, 0) is 14.8 Å². The summed E-state index contributed by atoms with van der Waals surface area (Å²) < 4.78 is 44.5. The minimum Gasteiger partial charge on any atom is -0.497 e. The molecule has 2 aromatic carbocycles. The number of sulfonamides is 1. The normalized spacial score (nSPS) is 11.1. The van der Waals surface area contributed by atoms with Crippen molar-refractivity contribution < 1.29 is 27.1 Å². The number of methoxy groups -OCH3 is 1. The van der Waals surface area contributed by atoms with Crippen LogP contribution in [0.2, 0.25) is 0 Å². The average Bonchev–Trinajstić information content (AvgIpc) is 2.70. The summed E-state index contributed by atoms with van der Waals surface area (Å²) in [4.78, 5) is 23.8. The molecule has 0 saturated carbocycles. The lowest BCUT2D eigenvalue weighted by atomic mass is 10.1. The predicted molar refractivity (Wildman–Crippen MR) is 101 cm³/mol. The van der Waals surface area contributed by atoms with Crippen molar-refractivity contribution in [2.75, 3.05) is 20.2 Å². The molecule has 0 atom stereocenters. The van der Waals surface area contributed by atoms with Gasteiger partial charge in [0, 0.05) is 31.5 Å². The zero-order chi connectivity index (χ0) is 20.6. The van der Waals surface area contributed by atoms with Crippen molar-refractivity contribution in [3.05, 3.63) is 59.9 Å². The van der Waals surface area contributed by atoms with Gasteiger partial charge in [-0.15, -0.1) is 0 Å². The molecule has 7 nitrogen and oxygen atoms in total. The van der Waals surface area contributed by atoms with Crippen LogP contribution in [0.1, 0.15) is 23.2 Å². The third-order valence-corrected chi connectivity index (χ3v) is 5.33. The Morgan fingerprint density at radius 2 is 1.61 bits per heavy atom. The molecule has 0 aliphatic carbocycles. The van der Waals surface area contributed by atoms with Gasteiger partial charge in [-0.2, -0.15) is 0 Å². The van der Waals surface area contributed by atoms with E-state index in [0.717, 1.165) is 0 Å². The summed E-state index contributed by atoms with van der Waals surface area (Å²) in [5.74, 6) is -0.540. The van der Waals surface area contributed by atoms with E-state index in [2.05, 4.69) is 10.0 Å². The summed E-state index contributed by atoms with van der Waals surface area (Å²) in [7, 11) is -2.21. The first-order valence-electron chi connectivity index (χ1n) is 8.51. The van der Waals surface area contributed by atoms with Crippen molar-refractivity contribution in [3.63, 3.8) is 0 Å². The Morgan fingerprint density at radius 3 is 2.21 bits per heavy atom. The molecule has 0 unspecified atom stereocenters. The van der Waals surface area contributed by atoms with Crippen molar-refractivity contribution in [3.8, 4) is 5.75 Å². The van der Waals surface area contributed by atoms with E-state index in [4.69, 9.17) is 4.74 Å². The van der Waals surface area contributed by atoms with Crippen molar-refractivity contribution in [1.82, 2.24) is 10.0 Å². The van der Waals surface area contributed by atoms with Gasteiger partial charge in [0.2, 0.25) is 15.9 Å². The van der Waals surface area contributed by atoms with E-state index in [1.54, 1.807) is 0 Å². The van der Waals surface area contributed by atoms with E-state index in [-0.39, 0.29) is 42.5 Å². The first-order chi connectivity index (χ1) is 13.3. The lowest BCUT2D eigenvalue weighted by molar-refractivity contribution is -0.121. The van der Waals surface area contributed by atoms with E-state index in [1.807, 2.05) is 0 Å². The van der Waals surface area contributed by atoms with Gasteiger partial charge in [-0.1, -0.05) is 0 Å². The molecule has 0 aromatic heterocycles. The smallest absolute Gasteiger partial charge is 0.240 e. The van der Waals surface area contributed by atoms with Crippen LogP contribution in [0.15, 0.2) is 53.4 Å². The minimum absolute atomic E-state index is 0.00596. The number of hydrogen-bond donors (Lipinski definition) is 2. The topological polar surface area (TPSA) is 102 Å². The Bertz CT molecular complexity index is 912. The number of rotatable bonds is 10. The summed E-state index contributed by atoms with van der Waals surface area (Å²) in [5.41, 5.74) is 0.335. The number of nitrogens with one attached hydrogen (secondary N) is 2. The number of amides is 1. The lowest BCUT2D eigenvalue weighted by Crippen LogP contribution is -2.34. The molecule has 0 saturated heterocycles. The van der Waals surface area contributed by atoms with Crippen molar-refractivity contribution in [2.45, 2.75) is 17.7 Å². The summed E-state index contributed by atoms with van der Waals surface area (Å²) in [6, 6.07) is 11.0. The third-order valence-electron chi connectivity index (χ3n) is 3.85. The summed E-state index contributed by atoms with van der Waals surface area (Å²) in [6.07, 6.45) is -0.0590. The summed E-state index contributed by atoms with van der Waals surface area (Å²) >= 11 is 0. The zero-order valence-electron chi connectivity index (χ0n) is 15.3. The fourth-order valence-electron chi connectivity index (χ4n) is 2.32. The number of carbonyl (C=O) groups is 2. The van der Waals surface area contributed by atoms with Crippen molar-refractivity contribution in [2.24, 2.45) is 0 Å². The van der Waals surface area contributed by atoms with Crippen LogP contribution in [0.4, 0.5) is 4.39 Å². The number of carbonyl (C=O) groups excluding carboxylic acids is 2. The van der Waals surface area contributed by atoms with E-state index in [1.165, 1.54) is 55.6 Å². The van der Waals surface area contributed by atoms with Crippen LogP contribution in [0.5, 0.6) is 5.75 Å². The molecule has 28 heavy (non-hydrogen) atoms. The molecule has 0 radical (unpaired) electrons. The quantitative estimate of drug-likeness (QED) is 0.462. The highest BCUT2D eigenvalue weighted by Gasteiger charge is 2.14. The molecule has 1 amide bonds. The highest BCUT2D eigenvalue weighted by molar-refractivity contribution is 7.89. The predicted octanol–water partition coefficient (Wildman–Crippen LogP) is 1.89. The second-order valence-electron chi connectivity index (χ2n) is 5.85. The van der Waals surface area contributed by atoms with Crippen LogP contribution in [-0.4, -0.2) is 40.3 Å². The summed E-state index contributed by atoms with van der Waals surface area (Å²) in [5, 5.41) is 2.54. The maximum absolute atomic E-state index is 12.8. The van der Waals surface area contributed by atoms with Gasteiger partial charge in [-0.05, 0) is 48.5 Å². The summed E-state index contributed by atoms with van der Waals surface area (Å²) in [6.45, 7) is 0.0883. The number of ether oxygens (including phenoxy) is 1. The third kappa shape index (κ3) is 6.43. The molecular weight excluding hydrogens is 387 g/mol.